The van der Waals surface area contributed by atoms with Gasteiger partial charge in [-0.3, -0.25) is 9.79 Å². The van der Waals surface area contributed by atoms with Crippen molar-refractivity contribution >= 4 is 35.8 Å². The van der Waals surface area contributed by atoms with Crippen molar-refractivity contribution in [2.24, 2.45) is 10.7 Å². The Kier molecular flexibility index (Phi) is 8.45. The number of rotatable bonds is 7. The quantitative estimate of drug-likeness (QED) is 0.287. The monoisotopic (exact) mass is 534 g/mol. The molecule has 0 spiro atoms. The van der Waals surface area contributed by atoms with Gasteiger partial charge in [-0.05, 0) is 23.8 Å². The van der Waals surface area contributed by atoms with E-state index in [1.165, 1.54) is 6.07 Å². The number of hydrogen-bond donors (Lipinski definition) is 3. The van der Waals surface area contributed by atoms with Crippen LogP contribution in [-0.2, 0) is 13.1 Å². The summed E-state index contributed by atoms with van der Waals surface area (Å²) in [6.07, 6.45) is 0. The molecule has 1 aliphatic rings. The summed E-state index contributed by atoms with van der Waals surface area (Å²) in [5.74, 6) is 0.763. The van der Waals surface area contributed by atoms with Gasteiger partial charge >= 0.3 is 6.61 Å². The molecule has 1 aliphatic heterocycles. The summed E-state index contributed by atoms with van der Waals surface area (Å²) >= 11 is 0. The van der Waals surface area contributed by atoms with Crippen LogP contribution in [0.15, 0.2) is 41.4 Å². The Bertz CT molecular complexity index is 910. The predicted octanol–water partition coefficient (Wildman–Crippen LogP) is 2.60. The molecule has 0 aromatic heterocycles. The molecule has 30 heavy (non-hydrogen) atoms. The summed E-state index contributed by atoms with van der Waals surface area (Å²) in [5.41, 5.74) is 7.01. The van der Waals surface area contributed by atoms with Crippen molar-refractivity contribution in [2.45, 2.75) is 19.7 Å². The van der Waals surface area contributed by atoms with Gasteiger partial charge in [0.1, 0.15) is 5.75 Å². The maximum atomic E-state index is 12.7. The zero-order valence-electron chi connectivity index (χ0n) is 16.0. The standard InChI is InChI=1S/C19H20F2N4O4.HI/c1-23-19(24-8-11-2-4-12(5-3-11)17(22)26)25-9-13-6-15-16(28-10-27-15)7-14(13)29-18(20)21;/h2-7,18H,8-10H2,1H3,(H2,22,26)(H2,23,24,25);1H. The zero-order chi connectivity index (χ0) is 20.8. The van der Waals surface area contributed by atoms with Crippen molar-refractivity contribution in [3.05, 3.63) is 53.1 Å². The first-order chi connectivity index (χ1) is 14.0. The largest absolute Gasteiger partial charge is 0.454 e. The maximum Gasteiger partial charge on any atom is 0.387 e. The summed E-state index contributed by atoms with van der Waals surface area (Å²) in [6.45, 7) is -2.34. The van der Waals surface area contributed by atoms with Gasteiger partial charge in [-0.25, -0.2) is 0 Å². The summed E-state index contributed by atoms with van der Waals surface area (Å²) in [6, 6.07) is 9.77. The lowest BCUT2D eigenvalue weighted by Crippen LogP contribution is -2.36. The second-order valence-electron chi connectivity index (χ2n) is 6.03. The van der Waals surface area contributed by atoms with E-state index in [0.29, 0.717) is 35.1 Å². The third-order valence-corrected chi connectivity index (χ3v) is 4.14. The van der Waals surface area contributed by atoms with Gasteiger partial charge in [0, 0.05) is 37.3 Å². The molecule has 2 aromatic carbocycles. The zero-order valence-corrected chi connectivity index (χ0v) is 18.3. The molecular formula is C19H21F2IN4O4. The molecule has 0 fully saturated rings. The minimum absolute atomic E-state index is 0. The molecule has 11 heteroatoms. The normalized spacial score (nSPS) is 12.3. The SMILES string of the molecule is CN=C(NCc1ccc(C(N)=O)cc1)NCc1cc2c(cc1OC(F)F)OCO2.I. The number of amides is 1. The van der Waals surface area contributed by atoms with Gasteiger partial charge in [0.05, 0.1) is 0 Å². The number of aliphatic imine (C=N–C) groups is 1. The fourth-order valence-corrected chi connectivity index (χ4v) is 2.68. The maximum absolute atomic E-state index is 12.7. The van der Waals surface area contributed by atoms with Crippen LogP contribution in [0.5, 0.6) is 17.2 Å². The summed E-state index contributed by atoms with van der Waals surface area (Å²) in [5, 5.41) is 6.13. The van der Waals surface area contributed by atoms with Crippen molar-refractivity contribution in [3.63, 3.8) is 0 Å². The number of benzene rings is 2. The second-order valence-corrected chi connectivity index (χ2v) is 6.03. The third-order valence-electron chi connectivity index (χ3n) is 4.14. The highest BCUT2D eigenvalue weighted by molar-refractivity contribution is 14.0. The topological polar surface area (TPSA) is 107 Å². The molecule has 0 unspecified atom stereocenters. The number of carbonyl (C=O) groups is 1. The van der Waals surface area contributed by atoms with Gasteiger partial charge in [-0.15, -0.1) is 24.0 Å². The summed E-state index contributed by atoms with van der Waals surface area (Å²) in [4.78, 5) is 15.2. The average molecular weight is 534 g/mol. The van der Waals surface area contributed by atoms with Crippen molar-refractivity contribution < 1.29 is 27.8 Å². The van der Waals surface area contributed by atoms with Gasteiger partial charge < -0.3 is 30.6 Å². The molecule has 0 radical (unpaired) electrons. The van der Waals surface area contributed by atoms with E-state index < -0.39 is 12.5 Å². The summed E-state index contributed by atoms with van der Waals surface area (Å²) in [7, 11) is 1.59. The number of nitrogens with two attached hydrogens (primary N) is 1. The molecule has 162 valence electrons. The Labute approximate surface area is 188 Å². The lowest BCUT2D eigenvalue weighted by molar-refractivity contribution is -0.0505. The minimum atomic E-state index is -2.96. The van der Waals surface area contributed by atoms with E-state index in [9.17, 15) is 13.6 Å². The average Bonchev–Trinajstić information content (AvgIpc) is 3.15. The molecule has 8 nitrogen and oxygen atoms in total. The molecule has 1 amide bonds. The molecule has 0 saturated heterocycles. The van der Waals surface area contributed by atoms with E-state index in [1.54, 1.807) is 37.4 Å². The van der Waals surface area contributed by atoms with Crippen molar-refractivity contribution in [3.8, 4) is 17.2 Å². The Balaban J connectivity index is 0.00000320. The van der Waals surface area contributed by atoms with E-state index in [4.69, 9.17) is 15.2 Å². The first-order valence-electron chi connectivity index (χ1n) is 8.67. The molecule has 1 heterocycles. The first-order valence-corrected chi connectivity index (χ1v) is 8.67. The Morgan fingerprint density at radius 2 is 1.80 bits per heavy atom. The molecule has 2 aromatic rings. The lowest BCUT2D eigenvalue weighted by atomic mass is 10.1. The molecule has 0 saturated carbocycles. The second kappa shape index (κ2) is 10.8. The van der Waals surface area contributed by atoms with Crippen molar-refractivity contribution in [1.29, 1.82) is 0 Å². The smallest absolute Gasteiger partial charge is 0.387 e. The number of primary amides is 1. The van der Waals surface area contributed by atoms with E-state index in [1.807, 2.05) is 0 Å². The number of fused-ring (bicyclic) bond motifs is 1. The Morgan fingerprint density at radius 1 is 1.17 bits per heavy atom. The highest BCUT2D eigenvalue weighted by atomic mass is 127. The predicted molar refractivity (Wildman–Crippen MR) is 117 cm³/mol. The van der Waals surface area contributed by atoms with Crippen LogP contribution in [0.2, 0.25) is 0 Å². The molecular weight excluding hydrogens is 513 g/mol. The molecule has 3 rings (SSSR count). The number of halogens is 3. The highest BCUT2D eigenvalue weighted by Crippen LogP contribution is 2.38. The van der Waals surface area contributed by atoms with Crippen LogP contribution in [0.3, 0.4) is 0 Å². The van der Waals surface area contributed by atoms with Crippen LogP contribution in [-0.4, -0.2) is 32.3 Å². The Hall–Kier alpha value is -2.83. The number of hydrogen-bond acceptors (Lipinski definition) is 5. The fourth-order valence-electron chi connectivity index (χ4n) is 2.68. The lowest BCUT2D eigenvalue weighted by Gasteiger charge is -2.15. The highest BCUT2D eigenvalue weighted by Gasteiger charge is 2.20. The number of carbonyl (C=O) groups excluding carboxylic acids is 1. The third kappa shape index (κ3) is 6.08. The van der Waals surface area contributed by atoms with Crippen LogP contribution >= 0.6 is 24.0 Å². The van der Waals surface area contributed by atoms with Crippen LogP contribution in [0.25, 0.3) is 0 Å². The number of alkyl halides is 2. The Morgan fingerprint density at radius 3 is 2.40 bits per heavy atom. The van der Waals surface area contributed by atoms with Gasteiger partial charge in [-0.1, -0.05) is 12.1 Å². The molecule has 0 aliphatic carbocycles. The van der Waals surface area contributed by atoms with Crippen molar-refractivity contribution in [2.75, 3.05) is 13.8 Å². The van der Waals surface area contributed by atoms with Crippen LogP contribution < -0.4 is 30.6 Å². The van der Waals surface area contributed by atoms with Gasteiger partial charge in [-0.2, -0.15) is 8.78 Å². The van der Waals surface area contributed by atoms with Crippen LogP contribution in [0.4, 0.5) is 8.78 Å². The van der Waals surface area contributed by atoms with Crippen LogP contribution in [0.1, 0.15) is 21.5 Å². The van der Waals surface area contributed by atoms with Gasteiger partial charge in [0.2, 0.25) is 12.7 Å². The number of ether oxygens (including phenoxy) is 3. The summed E-state index contributed by atoms with van der Waals surface area (Å²) < 4.78 is 40.5. The van der Waals surface area contributed by atoms with E-state index in [2.05, 4.69) is 20.4 Å². The number of nitrogens with zero attached hydrogens (tertiary/aromatic N) is 1. The number of guanidine groups is 1. The number of nitrogens with one attached hydrogen (secondary N) is 2. The molecule has 4 N–H and O–H groups in total. The van der Waals surface area contributed by atoms with Crippen LogP contribution in [0, 0.1) is 0 Å². The van der Waals surface area contributed by atoms with E-state index in [-0.39, 0.29) is 43.1 Å². The van der Waals surface area contributed by atoms with E-state index in [0.717, 1.165) is 5.56 Å². The minimum Gasteiger partial charge on any atom is -0.454 e. The first kappa shape index (κ1) is 23.4. The van der Waals surface area contributed by atoms with Gasteiger partial charge in [0.15, 0.2) is 17.5 Å². The fraction of sp³-hybridized carbons (Fsp3) is 0.263. The molecule has 0 bridgehead atoms. The van der Waals surface area contributed by atoms with Gasteiger partial charge in [0.25, 0.3) is 0 Å². The van der Waals surface area contributed by atoms with E-state index >= 15 is 0 Å². The van der Waals surface area contributed by atoms with Crippen molar-refractivity contribution in [1.82, 2.24) is 10.6 Å². The molecule has 0 atom stereocenters.